The van der Waals surface area contributed by atoms with Crippen LogP contribution in [0.5, 0.6) is 0 Å². The maximum atomic E-state index is 12.9. The minimum atomic E-state index is -4.40. The van der Waals surface area contributed by atoms with Gasteiger partial charge < -0.3 is 5.32 Å². The molecule has 6 nitrogen and oxygen atoms in total. The molecule has 1 N–H and O–H groups in total. The second kappa shape index (κ2) is 6.82. The zero-order valence-corrected chi connectivity index (χ0v) is 14.1. The highest BCUT2D eigenvalue weighted by molar-refractivity contribution is 5.95. The molecule has 2 aromatic heterocycles. The summed E-state index contributed by atoms with van der Waals surface area (Å²) >= 11 is 0. The van der Waals surface area contributed by atoms with E-state index >= 15 is 0 Å². The zero-order chi connectivity index (χ0) is 18.9. The van der Waals surface area contributed by atoms with Crippen molar-refractivity contribution in [2.45, 2.75) is 18.5 Å². The van der Waals surface area contributed by atoms with E-state index in [1.807, 2.05) is 12.1 Å². The first-order valence-electron chi connectivity index (χ1n) is 8.28. The highest BCUT2D eigenvalue weighted by Gasteiger charge is 2.31. The van der Waals surface area contributed by atoms with Crippen LogP contribution in [0, 0.1) is 0 Å². The van der Waals surface area contributed by atoms with E-state index in [9.17, 15) is 13.2 Å². The number of alkyl halides is 3. The van der Waals surface area contributed by atoms with Gasteiger partial charge in [0.05, 0.1) is 12.1 Å². The molecular weight excluding hydrogens is 357 g/mol. The Labute approximate surface area is 152 Å². The molecule has 0 bridgehead atoms. The van der Waals surface area contributed by atoms with Crippen molar-refractivity contribution in [3.8, 4) is 0 Å². The lowest BCUT2D eigenvalue weighted by molar-refractivity contribution is -0.137. The molecule has 1 unspecified atom stereocenters. The van der Waals surface area contributed by atoms with E-state index in [0.717, 1.165) is 29.9 Å². The first kappa shape index (κ1) is 17.2. The number of aliphatic imine (C=N–C) groups is 1. The Hall–Kier alpha value is -3.23. The summed E-state index contributed by atoms with van der Waals surface area (Å²) in [6.45, 7) is 0.461. The normalized spacial score (nSPS) is 16.6. The fourth-order valence-electron chi connectivity index (χ4n) is 2.99. The van der Waals surface area contributed by atoms with Gasteiger partial charge in [-0.3, -0.25) is 9.98 Å². The lowest BCUT2D eigenvalue weighted by atomic mass is 9.98. The zero-order valence-electron chi connectivity index (χ0n) is 14.1. The minimum absolute atomic E-state index is 0.0296. The van der Waals surface area contributed by atoms with Crippen molar-refractivity contribution >= 4 is 11.6 Å². The molecule has 0 radical (unpaired) electrons. The van der Waals surface area contributed by atoms with Crippen molar-refractivity contribution in [1.29, 1.82) is 0 Å². The van der Waals surface area contributed by atoms with Crippen LogP contribution in [0.1, 0.15) is 22.9 Å². The van der Waals surface area contributed by atoms with Crippen LogP contribution in [0.3, 0.4) is 0 Å². The molecule has 1 aliphatic heterocycles. The number of hydrogen-bond acceptors (Lipinski definition) is 5. The van der Waals surface area contributed by atoms with Crippen LogP contribution in [0.2, 0.25) is 0 Å². The quantitative estimate of drug-likeness (QED) is 0.766. The van der Waals surface area contributed by atoms with Crippen LogP contribution in [-0.2, 0) is 12.6 Å². The third-order valence-corrected chi connectivity index (χ3v) is 4.28. The molecule has 4 rings (SSSR count). The molecule has 0 spiro atoms. The number of nitrogens with one attached hydrogen (secondary N) is 1. The second-order valence-corrected chi connectivity index (χ2v) is 6.15. The Bertz CT molecular complexity index is 964. The predicted octanol–water partition coefficient (Wildman–Crippen LogP) is 3.35. The number of benzene rings is 1. The Balaban J connectivity index is 1.56. The van der Waals surface area contributed by atoms with E-state index in [-0.39, 0.29) is 11.6 Å². The molecule has 0 amide bonds. The average molecular weight is 372 g/mol. The van der Waals surface area contributed by atoms with Gasteiger partial charge in [0.1, 0.15) is 12.2 Å². The molecule has 9 heteroatoms. The lowest BCUT2D eigenvalue weighted by Crippen LogP contribution is -2.32. The molecule has 1 atom stereocenters. The van der Waals surface area contributed by atoms with Crippen LogP contribution in [0.25, 0.3) is 0 Å². The van der Waals surface area contributed by atoms with Gasteiger partial charge in [0.15, 0.2) is 0 Å². The molecule has 0 saturated heterocycles. The fraction of sp³-hybridized carbons (Fsp3) is 0.222. The number of anilines is 1. The molecule has 3 aromatic rings. The van der Waals surface area contributed by atoms with Gasteiger partial charge in [-0.1, -0.05) is 6.07 Å². The summed E-state index contributed by atoms with van der Waals surface area (Å²) in [4.78, 5) is 12.8. The molecule has 3 heterocycles. The fourth-order valence-corrected chi connectivity index (χ4v) is 2.99. The minimum Gasteiger partial charge on any atom is -0.324 e. The Morgan fingerprint density at radius 3 is 2.74 bits per heavy atom. The van der Waals surface area contributed by atoms with Gasteiger partial charge in [0.25, 0.3) is 0 Å². The third-order valence-electron chi connectivity index (χ3n) is 4.28. The number of halogens is 3. The SMILES string of the molecule is FC(F)(F)c1cccc(NC2=NCC(Cc3ccncc3)c3ncnn32)c1. The van der Waals surface area contributed by atoms with Gasteiger partial charge in [-0.2, -0.15) is 23.0 Å². The third kappa shape index (κ3) is 3.67. The number of nitrogens with zero attached hydrogens (tertiary/aromatic N) is 5. The number of pyridine rings is 1. The number of rotatable bonds is 3. The average Bonchev–Trinajstić information content (AvgIpc) is 3.15. The summed E-state index contributed by atoms with van der Waals surface area (Å²) in [5.74, 6) is 1.10. The second-order valence-electron chi connectivity index (χ2n) is 6.15. The van der Waals surface area contributed by atoms with E-state index in [4.69, 9.17) is 0 Å². The van der Waals surface area contributed by atoms with E-state index in [1.54, 1.807) is 18.5 Å². The Kier molecular flexibility index (Phi) is 4.35. The highest BCUT2D eigenvalue weighted by Crippen LogP contribution is 2.31. The predicted molar refractivity (Wildman–Crippen MR) is 93.5 cm³/mol. The maximum absolute atomic E-state index is 12.9. The van der Waals surface area contributed by atoms with Crippen molar-refractivity contribution in [3.05, 3.63) is 72.1 Å². The number of aromatic nitrogens is 4. The summed E-state index contributed by atoms with van der Waals surface area (Å²) < 4.78 is 40.2. The van der Waals surface area contributed by atoms with Crippen molar-refractivity contribution in [2.75, 3.05) is 11.9 Å². The molecule has 0 saturated carbocycles. The molecule has 138 valence electrons. The van der Waals surface area contributed by atoms with E-state index in [1.165, 1.54) is 17.1 Å². The monoisotopic (exact) mass is 372 g/mol. The number of hydrogen-bond donors (Lipinski definition) is 1. The van der Waals surface area contributed by atoms with Gasteiger partial charge >= 0.3 is 6.18 Å². The Morgan fingerprint density at radius 1 is 1.15 bits per heavy atom. The molecular formula is C18H15F3N6. The topological polar surface area (TPSA) is 68.0 Å². The van der Waals surface area contributed by atoms with Crippen molar-refractivity contribution in [2.24, 2.45) is 4.99 Å². The van der Waals surface area contributed by atoms with E-state index in [0.29, 0.717) is 12.5 Å². The van der Waals surface area contributed by atoms with Crippen molar-refractivity contribution in [3.63, 3.8) is 0 Å². The van der Waals surface area contributed by atoms with Crippen LogP contribution in [0.15, 0.2) is 60.1 Å². The van der Waals surface area contributed by atoms with Crippen molar-refractivity contribution < 1.29 is 13.2 Å². The summed E-state index contributed by atoms with van der Waals surface area (Å²) in [5, 5.41) is 7.10. The summed E-state index contributed by atoms with van der Waals surface area (Å²) in [6.07, 6.45) is 1.20. The summed E-state index contributed by atoms with van der Waals surface area (Å²) in [7, 11) is 0. The maximum Gasteiger partial charge on any atom is 0.416 e. The first-order chi connectivity index (χ1) is 13.0. The van der Waals surface area contributed by atoms with Crippen LogP contribution < -0.4 is 5.32 Å². The van der Waals surface area contributed by atoms with Gasteiger partial charge in [-0.25, -0.2) is 4.98 Å². The molecule has 27 heavy (non-hydrogen) atoms. The van der Waals surface area contributed by atoms with E-state index < -0.39 is 11.7 Å². The van der Waals surface area contributed by atoms with Crippen LogP contribution in [0.4, 0.5) is 18.9 Å². The van der Waals surface area contributed by atoms with E-state index in [2.05, 4.69) is 25.4 Å². The van der Waals surface area contributed by atoms with Gasteiger partial charge in [-0.05, 0) is 42.3 Å². The molecule has 0 aliphatic carbocycles. The van der Waals surface area contributed by atoms with Crippen molar-refractivity contribution in [1.82, 2.24) is 19.7 Å². The van der Waals surface area contributed by atoms with Gasteiger partial charge in [0.2, 0.25) is 5.96 Å². The van der Waals surface area contributed by atoms with Crippen LogP contribution >= 0.6 is 0 Å². The lowest BCUT2D eigenvalue weighted by Gasteiger charge is -2.22. The summed E-state index contributed by atoms with van der Waals surface area (Å²) in [6, 6.07) is 8.84. The molecule has 1 aromatic carbocycles. The number of fused-ring (bicyclic) bond motifs is 1. The van der Waals surface area contributed by atoms with Gasteiger partial charge in [0, 0.05) is 24.0 Å². The van der Waals surface area contributed by atoms with Crippen LogP contribution in [-0.4, -0.2) is 32.3 Å². The van der Waals surface area contributed by atoms with Gasteiger partial charge in [-0.15, -0.1) is 0 Å². The summed E-state index contributed by atoms with van der Waals surface area (Å²) in [5.41, 5.74) is 0.671. The smallest absolute Gasteiger partial charge is 0.324 e. The molecule has 1 aliphatic rings. The molecule has 0 fully saturated rings. The first-order valence-corrected chi connectivity index (χ1v) is 8.28. The standard InChI is InChI=1S/C18H15F3N6/c19-18(20,21)14-2-1-3-15(9-14)26-17-23-10-13(16-24-11-25-27(16)17)8-12-4-6-22-7-5-12/h1-7,9,11,13H,8,10H2,(H,23,26). The Morgan fingerprint density at radius 2 is 1.96 bits per heavy atom. The largest absolute Gasteiger partial charge is 0.416 e. The highest BCUT2D eigenvalue weighted by atomic mass is 19.4.